The maximum atomic E-state index is 6.11. The number of rotatable bonds is 5. The molecule has 0 bridgehead atoms. The number of fused-ring (bicyclic) bond motifs is 1. The Morgan fingerprint density at radius 1 is 1.53 bits per heavy atom. The lowest BCUT2D eigenvalue weighted by atomic mass is 10.1. The summed E-state index contributed by atoms with van der Waals surface area (Å²) in [6, 6.07) is 0. The fourth-order valence-corrected chi connectivity index (χ4v) is 2.35. The van der Waals surface area contributed by atoms with Crippen LogP contribution in [0.1, 0.15) is 51.1 Å². The molecule has 5 nitrogen and oxygen atoms in total. The molecule has 2 rings (SSSR count). The van der Waals surface area contributed by atoms with E-state index in [1.54, 1.807) is 0 Å². The molecule has 0 spiro atoms. The van der Waals surface area contributed by atoms with Gasteiger partial charge in [0.15, 0.2) is 0 Å². The lowest BCUT2D eigenvalue weighted by Crippen LogP contribution is -2.31. The van der Waals surface area contributed by atoms with E-state index in [1.165, 1.54) is 0 Å². The van der Waals surface area contributed by atoms with Gasteiger partial charge < -0.3 is 20.4 Å². The molecule has 0 aliphatic carbocycles. The minimum absolute atomic E-state index is 0.228. The second-order valence-corrected chi connectivity index (χ2v) is 5.39. The summed E-state index contributed by atoms with van der Waals surface area (Å²) in [6.45, 7) is 10.6. The number of aromatic nitrogens is 2. The van der Waals surface area contributed by atoms with Gasteiger partial charge in [0.05, 0.1) is 5.69 Å². The van der Waals surface area contributed by atoms with Gasteiger partial charge in [-0.15, -0.1) is 0 Å². The molecule has 0 aromatic carbocycles. The number of nitrogens with two attached hydrogens (primary N) is 1. The highest BCUT2D eigenvalue weighted by atomic mass is 16.5. The molecule has 1 aromatic rings. The second-order valence-electron chi connectivity index (χ2n) is 5.39. The summed E-state index contributed by atoms with van der Waals surface area (Å²) >= 11 is 0. The van der Waals surface area contributed by atoms with E-state index in [-0.39, 0.29) is 6.17 Å². The van der Waals surface area contributed by atoms with Crippen molar-refractivity contribution in [2.24, 2.45) is 11.7 Å². The van der Waals surface area contributed by atoms with Crippen LogP contribution in [-0.2, 0) is 17.9 Å². The maximum Gasteiger partial charge on any atom is 0.135 e. The van der Waals surface area contributed by atoms with E-state index < -0.39 is 0 Å². The average Bonchev–Trinajstić information content (AvgIpc) is 2.65. The summed E-state index contributed by atoms with van der Waals surface area (Å²) in [6.07, 6.45) is 1.89. The largest absolute Gasteiger partial charge is 0.374 e. The van der Waals surface area contributed by atoms with Gasteiger partial charge in [0.2, 0.25) is 0 Å². The van der Waals surface area contributed by atoms with Crippen molar-refractivity contribution in [3.63, 3.8) is 0 Å². The zero-order valence-corrected chi connectivity index (χ0v) is 12.2. The van der Waals surface area contributed by atoms with Crippen molar-refractivity contribution in [3.8, 4) is 0 Å². The Morgan fingerprint density at radius 3 is 2.89 bits per heavy atom. The first-order valence-corrected chi connectivity index (χ1v) is 6.90. The first kappa shape index (κ1) is 14.1. The number of nitrogens with one attached hydrogen (secondary N) is 1. The predicted octanol–water partition coefficient (Wildman–Crippen LogP) is 2.00. The maximum absolute atomic E-state index is 6.11. The molecule has 106 valence electrons. The second kappa shape index (κ2) is 5.75. The zero-order chi connectivity index (χ0) is 14.0. The van der Waals surface area contributed by atoms with Gasteiger partial charge in [0, 0.05) is 18.8 Å². The standard InChI is InChI=1S/C14H24N4O/c1-5-19-8-12-17-13-11(18(12)7-9(2)3)6-10(4)16-14(13)15/h6,9,14,16H,5,7-8,15H2,1-4H3. The van der Waals surface area contributed by atoms with Crippen LogP contribution in [0.5, 0.6) is 0 Å². The predicted molar refractivity (Wildman–Crippen MR) is 76.1 cm³/mol. The van der Waals surface area contributed by atoms with Crippen molar-refractivity contribution in [2.75, 3.05) is 6.61 Å². The Morgan fingerprint density at radius 2 is 2.26 bits per heavy atom. The van der Waals surface area contributed by atoms with E-state index in [9.17, 15) is 0 Å². The highest BCUT2D eigenvalue weighted by Gasteiger charge is 2.24. The summed E-state index contributed by atoms with van der Waals surface area (Å²) in [5.41, 5.74) is 9.22. The molecule has 0 radical (unpaired) electrons. The molecule has 1 aliphatic heterocycles. The topological polar surface area (TPSA) is 65.1 Å². The van der Waals surface area contributed by atoms with Crippen LogP contribution in [0.15, 0.2) is 5.70 Å². The molecule has 0 amide bonds. The Kier molecular flexibility index (Phi) is 4.27. The normalized spacial score (nSPS) is 18.2. The van der Waals surface area contributed by atoms with Crippen molar-refractivity contribution in [2.45, 2.75) is 47.0 Å². The zero-order valence-electron chi connectivity index (χ0n) is 12.2. The van der Waals surface area contributed by atoms with Crippen LogP contribution < -0.4 is 11.1 Å². The summed E-state index contributed by atoms with van der Waals surface area (Å²) in [7, 11) is 0. The SMILES string of the molecule is CCOCc1nc2c(n1CC(C)C)C=C(C)NC2N. The van der Waals surface area contributed by atoms with Crippen LogP contribution in [0.4, 0.5) is 0 Å². The monoisotopic (exact) mass is 264 g/mol. The van der Waals surface area contributed by atoms with E-state index >= 15 is 0 Å². The highest BCUT2D eigenvalue weighted by Crippen LogP contribution is 2.25. The minimum atomic E-state index is -0.228. The molecule has 0 saturated carbocycles. The van der Waals surface area contributed by atoms with Crippen molar-refractivity contribution in [3.05, 3.63) is 22.9 Å². The van der Waals surface area contributed by atoms with Crippen molar-refractivity contribution in [1.29, 1.82) is 0 Å². The van der Waals surface area contributed by atoms with Crippen molar-refractivity contribution >= 4 is 6.08 Å². The molecule has 1 aromatic heterocycles. The van der Waals surface area contributed by atoms with Gasteiger partial charge in [-0.1, -0.05) is 13.8 Å². The van der Waals surface area contributed by atoms with E-state index in [0.717, 1.165) is 29.5 Å². The summed E-state index contributed by atoms with van der Waals surface area (Å²) in [5, 5.41) is 3.21. The van der Waals surface area contributed by atoms with Crippen LogP contribution in [0.2, 0.25) is 0 Å². The smallest absolute Gasteiger partial charge is 0.135 e. The number of hydrogen-bond acceptors (Lipinski definition) is 4. The fraction of sp³-hybridized carbons (Fsp3) is 0.643. The Balaban J connectivity index is 2.42. The Hall–Kier alpha value is -1.33. The molecule has 0 fully saturated rings. The summed E-state index contributed by atoms with van der Waals surface area (Å²) < 4.78 is 7.75. The van der Waals surface area contributed by atoms with Crippen LogP contribution in [0.3, 0.4) is 0 Å². The molecule has 1 aliphatic rings. The summed E-state index contributed by atoms with van der Waals surface area (Å²) in [5.74, 6) is 1.52. The number of allylic oxidation sites excluding steroid dienone is 1. The number of nitrogens with zero attached hydrogens (tertiary/aromatic N) is 2. The Labute approximate surface area is 114 Å². The molecule has 0 saturated heterocycles. The molecule has 5 heteroatoms. The van der Waals surface area contributed by atoms with Gasteiger partial charge in [0.1, 0.15) is 24.3 Å². The lowest BCUT2D eigenvalue weighted by Gasteiger charge is -2.21. The molecule has 2 heterocycles. The molecule has 3 N–H and O–H groups in total. The Bertz CT molecular complexity index is 476. The number of imidazole rings is 1. The van der Waals surface area contributed by atoms with Gasteiger partial charge in [-0.05, 0) is 25.8 Å². The van der Waals surface area contributed by atoms with Gasteiger partial charge in [0.25, 0.3) is 0 Å². The van der Waals surface area contributed by atoms with Crippen LogP contribution in [-0.4, -0.2) is 16.2 Å². The third-order valence-electron chi connectivity index (χ3n) is 3.13. The van der Waals surface area contributed by atoms with Crippen molar-refractivity contribution in [1.82, 2.24) is 14.9 Å². The lowest BCUT2D eigenvalue weighted by molar-refractivity contribution is 0.125. The van der Waals surface area contributed by atoms with Crippen LogP contribution >= 0.6 is 0 Å². The third-order valence-corrected chi connectivity index (χ3v) is 3.13. The van der Waals surface area contributed by atoms with Crippen LogP contribution in [0, 0.1) is 5.92 Å². The van der Waals surface area contributed by atoms with Crippen molar-refractivity contribution < 1.29 is 4.74 Å². The molecular weight excluding hydrogens is 240 g/mol. The van der Waals surface area contributed by atoms with E-state index in [4.69, 9.17) is 10.5 Å². The van der Waals surface area contributed by atoms with Crippen LogP contribution in [0.25, 0.3) is 6.08 Å². The number of ether oxygens (including phenoxy) is 1. The van der Waals surface area contributed by atoms with E-state index in [2.05, 4.69) is 34.8 Å². The fourth-order valence-electron chi connectivity index (χ4n) is 2.35. The first-order chi connectivity index (χ1) is 9.02. The first-order valence-electron chi connectivity index (χ1n) is 6.90. The van der Waals surface area contributed by atoms with Gasteiger partial charge in [-0.25, -0.2) is 4.98 Å². The summed E-state index contributed by atoms with van der Waals surface area (Å²) in [4.78, 5) is 4.66. The van der Waals surface area contributed by atoms with Gasteiger partial charge in [-0.2, -0.15) is 0 Å². The average molecular weight is 264 g/mol. The number of hydrogen-bond donors (Lipinski definition) is 2. The highest BCUT2D eigenvalue weighted by molar-refractivity contribution is 5.55. The molecular formula is C14H24N4O. The van der Waals surface area contributed by atoms with E-state index in [1.807, 2.05) is 13.8 Å². The molecule has 19 heavy (non-hydrogen) atoms. The van der Waals surface area contributed by atoms with E-state index in [0.29, 0.717) is 19.1 Å². The quantitative estimate of drug-likeness (QED) is 0.853. The molecule has 1 atom stereocenters. The third kappa shape index (κ3) is 2.98. The van der Waals surface area contributed by atoms with Gasteiger partial charge in [-0.3, -0.25) is 0 Å². The minimum Gasteiger partial charge on any atom is -0.374 e. The molecule has 1 unspecified atom stereocenters. The van der Waals surface area contributed by atoms with Gasteiger partial charge >= 0.3 is 0 Å².